The van der Waals surface area contributed by atoms with Crippen molar-refractivity contribution >= 4 is 18.4 Å². The number of methoxy groups -OCH3 is 1. The van der Waals surface area contributed by atoms with Crippen molar-refractivity contribution in [3.8, 4) is 0 Å². The Morgan fingerprint density at radius 2 is 2.12 bits per heavy atom. The lowest BCUT2D eigenvalue weighted by Crippen LogP contribution is -2.17. The molecule has 1 aromatic rings. The molecule has 0 amide bonds. The van der Waals surface area contributed by atoms with Gasteiger partial charge in [0.25, 0.3) is 0 Å². The molecule has 1 aromatic carbocycles. The molecule has 0 saturated heterocycles. The minimum Gasteiger partial charge on any atom is -0.469 e. The molecule has 0 aliphatic carbocycles. The van der Waals surface area contributed by atoms with Crippen molar-refractivity contribution in [1.29, 1.82) is 0 Å². The van der Waals surface area contributed by atoms with Gasteiger partial charge in [0.2, 0.25) is 0 Å². The molecule has 1 rings (SSSR count). The van der Waals surface area contributed by atoms with Gasteiger partial charge in [-0.2, -0.15) is 0 Å². The molecule has 0 bridgehead atoms. The molecule has 0 spiro atoms. The maximum Gasteiger partial charge on any atom is 0.307 e. The fourth-order valence-corrected chi connectivity index (χ4v) is 1.18. The van der Waals surface area contributed by atoms with E-state index in [-0.39, 0.29) is 24.4 Å². The van der Waals surface area contributed by atoms with Crippen LogP contribution >= 0.6 is 12.4 Å². The third kappa shape index (κ3) is 3.75. The Morgan fingerprint density at radius 1 is 1.50 bits per heavy atom. The summed E-state index contributed by atoms with van der Waals surface area (Å²) in [6.07, 6.45) is -0.140. The van der Waals surface area contributed by atoms with Gasteiger partial charge in [-0.3, -0.25) is 4.79 Å². The average molecular weight is 252 g/mol. The number of hydrogen-bond acceptors (Lipinski definition) is 3. The second kappa shape index (κ2) is 6.40. The van der Waals surface area contributed by atoms with E-state index in [1.54, 1.807) is 0 Å². The number of halogens is 3. The van der Waals surface area contributed by atoms with Gasteiger partial charge in [-0.1, -0.05) is 6.07 Å². The lowest BCUT2D eigenvalue weighted by molar-refractivity contribution is -0.141. The number of benzene rings is 1. The minimum absolute atomic E-state index is 0. The molecule has 1 unspecified atom stereocenters. The zero-order chi connectivity index (χ0) is 11.4. The molecular weight excluding hydrogens is 240 g/mol. The van der Waals surface area contributed by atoms with E-state index in [4.69, 9.17) is 5.73 Å². The molecule has 3 nitrogen and oxygen atoms in total. The summed E-state index contributed by atoms with van der Waals surface area (Å²) in [4.78, 5) is 10.9. The molecule has 0 radical (unpaired) electrons. The van der Waals surface area contributed by atoms with Gasteiger partial charge in [0.15, 0.2) is 0 Å². The normalized spacial score (nSPS) is 11.5. The van der Waals surface area contributed by atoms with Crippen LogP contribution in [-0.4, -0.2) is 13.1 Å². The van der Waals surface area contributed by atoms with Crippen LogP contribution in [0.5, 0.6) is 0 Å². The number of esters is 1. The van der Waals surface area contributed by atoms with Crippen LogP contribution in [0.2, 0.25) is 0 Å². The lowest BCUT2D eigenvalue weighted by Gasteiger charge is -2.11. The third-order valence-electron chi connectivity index (χ3n) is 1.98. The zero-order valence-electron chi connectivity index (χ0n) is 8.57. The summed E-state index contributed by atoms with van der Waals surface area (Å²) in [5.74, 6) is -1.97. The number of nitrogens with two attached hydrogens (primary N) is 1. The van der Waals surface area contributed by atoms with Crippen molar-refractivity contribution in [1.82, 2.24) is 0 Å². The van der Waals surface area contributed by atoms with E-state index < -0.39 is 23.6 Å². The monoisotopic (exact) mass is 251 g/mol. The maximum absolute atomic E-state index is 13.2. The van der Waals surface area contributed by atoms with Crippen molar-refractivity contribution in [2.75, 3.05) is 7.11 Å². The number of carbonyl (C=O) groups is 1. The Hall–Kier alpha value is -1.20. The molecular formula is C10H12ClF2NO2. The zero-order valence-corrected chi connectivity index (χ0v) is 9.39. The van der Waals surface area contributed by atoms with Crippen molar-refractivity contribution in [2.24, 2.45) is 5.73 Å². The van der Waals surface area contributed by atoms with Gasteiger partial charge in [-0.15, -0.1) is 12.4 Å². The number of hydrogen-bond donors (Lipinski definition) is 1. The van der Waals surface area contributed by atoms with Gasteiger partial charge >= 0.3 is 5.97 Å². The lowest BCUT2D eigenvalue weighted by atomic mass is 10.0. The molecule has 0 aromatic heterocycles. The van der Waals surface area contributed by atoms with Crippen molar-refractivity contribution in [2.45, 2.75) is 12.5 Å². The molecule has 0 saturated carbocycles. The predicted octanol–water partition coefficient (Wildman–Crippen LogP) is 1.95. The first kappa shape index (κ1) is 14.8. The Labute approximate surface area is 98.0 Å². The van der Waals surface area contributed by atoms with Crippen molar-refractivity contribution in [3.05, 3.63) is 35.4 Å². The van der Waals surface area contributed by atoms with Gasteiger partial charge in [0.05, 0.1) is 13.5 Å². The second-order valence-electron chi connectivity index (χ2n) is 3.05. The Bertz CT molecular complexity index is 374. The van der Waals surface area contributed by atoms with Gasteiger partial charge in [0, 0.05) is 17.7 Å². The van der Waals surface area contributed by atoms with Crippen LogP contribution in [0.1, 0.15) is 18.0 Å². The fourth-order valence-electron chi connectivity index (χ4n) is 1.18. The van der Waals surface area contributed by atoms with Crippen molar-refractivity contribution < 1.29 is 18.3 Å². The summed E-state index contributed by atoms with van der Waals surface area (Å²) < 4.78 is 30.1. The van der Waals surface area contributed by atoms with Gasteiger partial charge in [-0.25, -0.2) is 8.78 Å². The topological polar surface area (TPSA) is 52.3 Å². The van der Waals surface area contributed by atoms with Crippen LogP contribution in [0.4, 0.5) is 8.78 Å². The highest BCUT2D eigenvalue weighted by molar-refractivity contribution is 5.85. The summed E-state index contributed by atoms with van der Waals surface area (Å²) in [5, 5.41) is 0. The first-order valence-corrected chi connectivity index (χ1v) is 4.32. The van der Waals surface area contributed by atoms with Crippen LogP contribution in [0.3, 0.4) is 0 Å². The third-order valence-corrected chi connectivity index (χ3v) is 1.98. The number of carbonyl (C=O) groups excluding carboxylic acids is 1. The van der Waals surface area contributed by atoms with Gasteiger partial charge in [-0.05, 0) is 6.07 Å². The van der Waals surface area contributed by atoms with Crippen molar-refractivity contribution in [3.63, 3.8) is 0 Å². The Balaban J connectivity index is 0.00000225. The first-order valence-electron chi connectivity index (χ1n) is 4.32. The molecule has 90 valence electrons. The van der Waals surface area contributed by atoms with E-state index >= 15 is 0 Å². The largest absolute Gasteiger partial charge is 0.469 e. The minimum atomic E-state index is -0.821. The number of rotatable bonds is 3. The molecule has 0 aliphatic heterocycles. The highest BCUT2D eigenvalue weighted by Gasteiger charge is 2.15. The van der Waals surface area contributed by atoms with Crippen LogP contribution in [-0.2, 0) is 9.53 Å². The van der Waals surface area contributed by atoms with Crippen LogP contribution in [0.25, 0.3) is 0 Å². The van der Waals surface area contributed by atoms with Gasteiger partial charge in [0.1, 0.15) is 11.6 Å². The van der Waals surface area contributed by atoms with Crippen LogP contribution in [0, 0.1) is 11.6 Å². The summed E-state index contributed by atoms with van der Waals surface area (Å²) in [6, 6.07) is 2.22. The number of ether oxygens (including phenoxy) is 1. The quantitative estimate of drug-likeness (QED) is 0.836. The van der Waals surface area contributed by atoms with E-state index in [0.717, 1.165) is 12.1 Å². The van der Waals surface area contributed by atoms with E-state index in [0.29, 0.717) is 0 Å². The standard InChI is InChI=1S/C10H11F2NO2.ClH/c1-15-10(14)5-9(13)7-3-2-6(11)4-8(7)12;/h2-4,9H,5,13H2,1H3;1H. The van der Waals surface area contributed by atoms with E-state index in [1.165, 1.54) is 13.2 Å². The Kier molecular flexibility index (Phi) is 5.92. The smallest absolute Gasteiger partial charge is 0.307 e. The fraction of sp³-hybridized carbons (Fsp3) is 0.300. The Morgan fingerprint density at radius 3 is 2.62 bits per heavy atom. The molecule has 0 aliphatic rings. The average Bonchev–Trinajstić information content (AvgIpc) is 2.17. The highest BCUT2D eigenvalue weighted by atomic mass is 35.5. The summed E-state index contributed by atoms with van der Waals surface area (Å²) in [7, 11) is 1.22. The van der Waals surface area contributed by atoms with Crippen LogP contribution < -0.4 is 5.73 Å². The predicted molar refractivity (Wildman–Crippen MR) is 57.2 cm³/mol. The van der Waals surface area contributed by atoms with E-state index in [1.807, 2.05) is 0 Å². The molecule has 16 heavy (non-hydrogen) atoms. The first-order chi connectivity index (χ1) is 7.04. The molecule has 0 heterocycles. The highest BCUT2D eigenvalue weighted by Crippen LogP contribution is 2.18. The summed E-state index contributed by atoms with van der Waals surface area (Å²) >= 11 is 0. The summed E-state index contributed by atoms with van der Waals surface area (Å²) in [5.41, 5.74) is 5.66. The van der Waals surface area contributed by atoms with E-state index in [2.05, 4.69) is 4.74 Å². The van der Waals surface area contributed by atoms with Gasteiger partial charge < -0.3 is 10.5 Å². The van der Waals surface area contributed by atoms with E-state index in [9.17, 15) is 13.6 Å². The maximum atomic E-state index is 13.2. The SMILES string of the molecule is COC(=O)CC(N)c1ccc(F)cc1F.Cl. The second-order valence-corrected chi connectivity index (χ2v) is 3.05. The molecule has 0 fully saturated rings. The van der Waals surface area contributed by atoms with Crippen LogP contribution in [0.15, 0.2) is 18.2 Å². The summed E-state index contributed by atoms with van der Waals surface area (Å²) in [6.45, 7) is 0. The molecule has 2 N–H and O–H groups in total. The molecule has 6 heteroatoms. The molecule has 1 atom stereocenters.